The second-order valence-electron chi connectivity index (χ2n) is 9.43. The van der Waals surface area contributed by atoms with Crippen LogP contribution in [0.1, 0.15) is 26.0 Å². The van der Waals surface area contributed by atoms with Crippen LogP contribution >= 0.6 is 11.6 Å². The molecule has 9 nitrogen and oxygen atoms in total. The summed E-state index contributed by atoms with van der Waals surface area (Å²) in [6.45, 7) is 6.76. The Bertz CT molecular complexity index is 1360. The van der Waals surface area contributed by atoms with Crippen molar-refractivity contribution in [2.24, 2.45) is 5.92 Å². The molecule has 4 rings (SSSR count). The van der Waals surface area contributed by atoms with Crippen LogP contribution in [0, 0.1) is 16.0 Å². The highest BCUT2D eigenvalue weighted by Crippen LogP contribution is 2.32. The van der Waals surface area contributed by atoms with Gasteiger partial charge in [-0.05, 0) is 48.4 Å². The quantitative estimate of drug-likeness (QED) is 0.219. The largest absolute Gasteiger partial charge is 0.456 e. The number of halogens is 1. The number of benzene rings is 2. The van der Waals surface area contributed by atoms with E-state index in [4.69, 9.17) is 16.0 Å². The van der Waals surface area contributed by atoms with Gasteiger partial charge in [0, 0.05) is 50.4 Å². The van der Waals surface area contributed by atoms with Crippen molar-refractivity contribution in [1.29, 1.82) is 0 Å². The number of nitro benzene ring substituents is 1. The summed E-state index contributed by atoms with van der Waals surface area (Å²) in [5, 5.41) is 14.5. The molecule has 0 atom stereocenters. The zero-order valence-corrected chi connectivity index (χ0v) is 22.0. The van der Waals surface area contributed by atoms with E-state index in [0.717, 1.165) is 5.69 Å². The van der Waals surface area contributed by atoms with E-state index in [1.807, 2.05) is 24.8 Å². The summed E-state index contributed by atoms with van der Waals surface area (Å²) in [7, 11) is 0. The molecule has 1 fully saturated rings. The van der Waals surface area contributed by atoms with Crippen molar-refractivity contribution in [3.8, 4) is 11.3 Å². The lowest BCUT2D eigenvalue weighted by Crippen LogP contribution is -2.49. The van der Waals surface area contributed by atoms with Gasteiger partial charge in [-0.2, -0.15) is 0 Å². The fraction of sp³-hybridized carbons (Fsp3) is 0.286. The molecule has 2 amide bonds. The maximum atomic E-state index is 12.5. The zero-order chi connectivity index (χ0) is 27.2. The lowest BCUT2D eigenvalue weighted by atomic mass is 10.1. The van der Waals surface area contributed by atoms with Crippen LogP contribution in [-0.2, 0) is 9.59 Å². The zero-order valence-electron chi connectivity index (χ0n) is 21.2. The third-order valence-electron chi connectivity index (χ3n) is 6.16. The van der Waals surface area contributed by atoms with E-state index in [2.05, 4.69) is 10.2 Å². The van der Waals surface area contributed by atoms with Crippen molar-refractivity contribution < 1.29 is 18.9 Å². The predicted octanol–water partition coefficient (Wildman–Crippen LogP) is 5.85. The van der Waals surface area contributed by atoms with E-state index in [1.54, 1.807) is 42.5 Å². The van der Waals surface area contributed by atoms with Crippen LogP contribution in [0.15, 0.2) is 65.1 Å². The highest BCUT2D eigenvalue weighted by Gasteiger charge is 2.23. The number of carbonyl (C=O) groups excluding carboxylic acids is 2. The summed E-state index contributed by atoms with van der Waals surface area (Å²) in [5.74, 6) is 0.860. The molecule has 2 heterocycles. The Kier molecular flexibility index (Phi) is 8.48. The van der Waals surface area contributed by atoms with E-state index < -0.39 is 4.92 Å². The van der Waals surface area contributed by atoms with E-state index in [9.17, 15) is 19.7 Å². The van der Waals surface area contributed by atoms with Crippen molar-refractivity contribution in [1.82, 2.24) is 4.90 Å². The average molecular weight is 537 g/mol. The minimum Gasteiger partial charge on any atom is -0.456 e. The summed E-state index contributed by atoms with van der Waals surface area (Å²) < 4.78 is 5.68. The first-order chi connectivity index (χ1) is 18.2. The van der Waals surface area contributed by atoms with Crippen molar-refractivity contribution in [2.75, 3.05) is 36.4 Å². The molecule has 0 unspecified atom stereocenters. The summed E-state index contributed by atoms with van der Waals surface area (Å²) in [4.78, 5) is 39.6. The van der Waals surface area contributed by atoms with Gasteiger partial charge >= 0.3 is 0 Å². The molecular formula is C28H29ClN4O5. The van der Waals surface area contributed by atoms with Gasteiger partial charge in [-0.25, -0.2) is 0 Å². The van der Waals surface area contributed by atoms with Crippen LogP contribution < -0.4 is 10.2 Å². The number of piperazine rings is 1. The van der Waals surface area contributed by atoms with E-state index >= 15 is 0 Å². The van der Waals surface area contributed by atoms with Crippen molar-refractivity contribution in [3.05, 3.63) is 81.6 Å². The molecular weight excluding hydrogens is 508 g/mol. The molecule has 198 valence electrons. The monoisotopic (exact) mass is 536 g/mol. The molecule has 0 bridgehead atoms. The third-order valence-corrected chi connectivity index (χ3v) is 6.47. The SMILES string of the molecule is CC(C)CC(=O)N1CCN(c2ccc(NC(=O)/C=C/c3ccc(-c4ccccc4[N+](=O)[O-])o3)cc2Cl)CC1. The first-order valence-electron chi connectivity index (χ1n) is 12.4. The molecule has 3 aromatic rings. The van der Waals surface area contributed by atoms with Gasteiger partial charge in [-0.15, -0.1) is 0 Å². The van der Waals surface area contributed by atoms with Gasteiger partial charge < -0.3 is 19.5 Å². The molecule has 0 radical (unpaired) electrons. The van der Waals surface area contributed by atoms with Crippen LogP contribution in [0.4, 0.5) is 17.1 Å². The maximum Gasteiger partial charge on any atom is 0.280 e. The Balaban J connectivity index is 1.34. The molecule has 1 aliphatic heterocycles. The number of hydrogen-bond donors (Lipinski definition) is 1. The number of amides is 2. The predicted molar refractivity (Wildman–Crippen MR) is 148 cm³/mol. The smallest absolute Gasteiger partial charge is 0.280 e. The summed E-state index contributed by atoms with van der Waals surface area (Å²) >= 11 is 6.53. The fourth-order valence-corrected chi connectivity index (χ4v) is 4.59. The van der Waals surface area contributed by atoms with Crippen molar-refractivity contribution in [3.63, 3.8) is 0 Å². The number of furan rings is 1. The van der Waals surface area contributed by atoms with Gasteiger partial charge in [-0.1, -0.05) is 37.6 Å². The van der Waals surface area contributed by atoms with Gasteiger partial charge in [-0.3, -0.25) is 19.7 Å². The lowest BCUT2D eigenvalue weighted by Gasteiger charge is -2.36. The Morgan fingerprint density at radius 2 is 1.84 bits per heavy atom. The first kappa shape index (κ1) is 26.9. The summed E-state index contributed by atoms with van der Waals surface area (Å²) in [6.07, 6.45) is 3.36. The summed E-state index contributed by atoms with van der Waals surface area (Å²) in [5.41, 5.74) is 1.70. The topological polar surface area (TPSA) is 109 Å². The summed E-state index contributed by atoms with van der Waals surface area (Å²) in [6, 6.07) is 14.9. The van der Waals surface area contributed by atoms with Gasteiger partial charge in [0.25, 0.3) is 5.69 Å². The highest BCUT2D eigenvalue weighted by atomic mass is 35.5. The van der Waals surface area contributed by atoms with E-state index in [-0.39, 0.29) is 17.5 Å². The van der Waals surface area contributed by atoms with Crippen LogP contribution in [0.5, 0.6) is 0 Å². The van der Waals surface area contributed by atoms with Gasteiger partial charge in [0.2, 0.25) is 11.8 Å². The normalized spacial score (nSPS) is 13.8. The Morgan fingerprint density at radius 3 is 2.53 bits per heavy atom. The Morgan fingerprint density at radius 1 is 1.11 bits per heavy atom. The number of nitro groups is 1. The van der Waals surface area contributed by atoms with Crippen LogP contribution in [0.3, 0.4) is 0 Å². The second-order valence-corrected chi connectivity index (χ2v) is 9.84. The number of rotatable bonds is 8. The lowest BCUT2D eigenvalue weighted by molar-refractivity contribution is -0.384. The fourth-order valence-electron chi connectivity index (χ4n) is 4.29. The number of carbonyl (C=O) groups is 2. The van der Waals surface area contributed by atoms with E-state index in [1.165, 1.54) is 18.2 Å². The molecule has 10 heteroatoms. The molecule has 1 aliphatic rings. The number of para-hydroxylation sites is 1. The van der Waals surface area contributed by atoms with Crippen molar-refractivity contribution in [2.45, 2.75) is 20.3 Å². The van der Waals surface area contributed by atoms with Crippen LogP contribution in [0.25, 0.3) is 17.4 Å². The maximum absolute atomic E-state index is 12.5. The minimum atomic E-state index is -0.466. The van der Waals surface area contributed by atoms with Gasteiger partial charge in [0.1, 0.15) is 11.5 Å². The van der Waals surface area contributed by atoms with Gasteiger partial charge in [0.05, 0.1) is 21.2 Å². The minimum absolute atomic E-state index is 0.0584. The number of nitrogens with one attached hydrogen (secondary N) is 1. The molecule has 1 aromatic heterocycles. The van der Waals surface area contributed by atoms with Crippen molar-refractivity contribution >= 4 is 46.6 Å². The number of hydrogen-bond acceptors (Lipinski definition) is 6. The molecule has 38 heavy (non-hydrogen) atoms. The molecule has 0 spiro atoms. The van der Waals surface area contributed by atoms with Crippen LogP contribution in [-0.4, -0.2) is 47.8 Å². The second kappa shape index (κ2) is 12.0. The first-order valence-corrected chi connectivity index (χ1v) is 12.7. The Hall–Kier alpha value is -4.11. The average Bonchev–Trinajstić information content (AvgIpc) is 3.36. The van der Waals surface area contributed by atoms with Gasteiger partial charge in [0.15, 0.2) is 0 Å². The molecule has 1 saturated heterocycles. The highest BCUT2D eigenvalue weighted by molar-refractivity contribution is 6.33. The van der Waals surface area contributed by atoms with E-state index in [0.29, 0.717) is 66.3 Å². The molecule has 0 saturated carbocycles. The number of nitrogens with zero attached hydrogens (tertiary/aromatic N) is 3. The third kappa shape index (κ3) is 6.60. The molecule has 1 N–H and O–H groups in total. The standard InChI is InChI=1S/C28H29ClN4O5/c1-19(2)17-28(35)32-15-13-31(14-16-32)25-10-7-20(18-23(25)29)30-27(34)12-9-21-8-11-26(38-21)22-5-3-4-6-24(22)33(36)37/h3-12,18-19H,13-17H2,1-2H3,(H,30,34)/b12-9+. The Labute approximate surface area is 225 Å². The molecule has 0 aliphatic carbocycles. The molecule has 2 aromatic carbocycles. The van der Waals surface area contributed by atoms with Crippen LogP contribution in [0.2, 0.25) is 5.02 Å². The number of anilines is 2.